The minimum atomic E-state index is 0.452. The first-order chi connectivity index (χ1) is 8.44. The van der Waals surface area contributed by atoms with Crippen molar-refractivity contribution in [1.29, 1.82) is 0 Å². The lowest BCUT2D eigenvalue weighted by molar-refractivity contribution is -0.0406. The Morgan fingerprint density at radius 1 is 0.778 bits per heavy atom. The average molecular weight is 253 g/mol. The third-order valence-electron chi connectivity index (χ3n) is 5.22. The summed E-state index contributed by atoms with van der Waals surface area (Å²) >= 11 is 0. The molecular formula is C15H31N3. The van der Waals surface area contributed by atoms with Crippen LogP contribution >= 0.6 is 0 Å². The Hall–Kier alpha value is -0.120. The van der Waals surface area contributed by atoms with E-state index in [1.54, 1.807) is 0 Å². The fourth-order valence-corrected chi connectivity index (χ4v) is 3.53. The van der Waals surface area contributed by atoms with Gasteiger partial charge in [0.25, 0.3) is 0 Å². The molecule has 0 amide bonds. The van der Waals surface area contributed by atoms with Crippen molar-refractivity contribution in [2.45, 2.75) is 58.2 Å². The molecule has 0 unspecified atom stereocenters. The molecule has 0 N–H and O–H groups in total. The maximum absolute atomic E-state index is 2.67. The summed E-state index contributed by atoms with van der Waals surface area (Å²) in [5, 5.41) is 0. The monoisotopic (exact) mass is 253 g/mol. The van der Waals surface area contributed by atoms with Gasteiger partial charge in [-0.25, -0.2) is 0 Å². The van der Waals surface area contributed by atoms with E-state index in [1.807, 2.05) is 0 Å². The van der Waals surface area contributed by atoms with Crippen molar-refractivity contribution >= 4 is 0 Å². The molecule has 106 valence electrons. The largest absolute Gasteiger partial charge is 0.301 e. The molecule has 2 aliphatic rings. The molecule has 0 aromatic heterocycles. The van der Waals surface area contributed by atoms with Crippen LogP contribution in [0.3, 0.4) is 0 Å². The van der Waals surface area contributed by atoms with Crippen molar-refractivity contribution in [3.05, 3.63) is 0 Å². The van der Waals surface area contributed by atoms with Crippen LogP contribution in [0.15, 0.2) is 0 Å². The van der Waals surface area contributed by atoms with Gasteiger partial charge in [-0.15, -0.1) is 0 Å². The van der Waals surface area contributed by atoms with Crippen molar-refractivity contribution in [3.63, 3.8) is 0 Å². The average Bonchev–Trinajstić information content (AvgIpc) is 2.33. The molecular weight excluding hydrogens is 222 g/mol. The van der Waals surface area contributed by atoms with E-state index >= 15 is 0 Å². The molecule has 2 saturated heterocycles. The summed E-state index contributed by atoms with van der Waals surface area (Å²) in [6.45, 7) is 15.6. The Morgan fingerprint density at radius 2 is 1.33 bits per heavy atom. The quantitative estimate of drug-likeness (QED) is 0.744. The normalized spacial score (nSPS) is 27.5. The molecule has 0 atom stereocenters. The minimum absolute atomic E-state index is 0.452. The lowest BCUT2D eigenvalue weighted by Crippen LogP contribution is -2.65. The van der Waals surface area contributed by atoms with Crippen LogP contribution in [0.1, 0.15) is 40.5 Å². The number of piperazine rings is 1. The Bertz CT molecular complexity index is 267. The predicted octanol–water partition coefficient (Wildman–Crippen LogP) is 1.89. The topological polar surface area (TPSA) is 9.72 Å². The van der Waals surface area contributed by atoms with E-state index < -0.39 is 0 Å². The van der Waals surface area contributed by atoms with Crippen LogP contribution in [0.4, 0.5) is 0 Å². The van der Waals surface area contributed by atoms with Crippen molar-refractivity contribution in [2.24, 2.45) is 0 Å². The molecule has 0 bridgehead atoms. The van der Waals surface area contributed by atoms with Gasteiger partial charge in [0.2, 0.25) is 0 Å². The molecule has 0 saturated carbocycles. The second-order valence-corrected chi connectivity index (χ2v) is 6.84. The van der Waals surface area contributed by atoms with Gasteiger partial charge in [0.1, 0.15) is 0 Å². The van der Waals surface area contributed by atoms with E-state index in [2.05, 4.69) is 49.4 Å². The second kappa shape index (κ2) is 5.48. The fraction of sp³-hybridized carbons (Fsp3) is 1.00. The van der Waals surface area contributed by atoms with Crippen LogP contribution in [0.2, 0.25) is 0 Å². The molecule has 3 nitrogen and oxygen atoms in total. The highest BCUT2D eigenvalue weighted by Gasteiger charge is 2.42. The van der Waals surface area contributed by atoms with Gasteiger partial charge in [0.05, 0.1) is 0 Å². The van der Waals surface area contributed by atoms with Crippen molar-refractivity contribution in [2.75, 3.05) is 39.8 Å². The number of piperidine rings is 1. The number of likely N-dealkylation sites (N-methyl/N-ethyl adjacent to an activating group) is 1. The minimum Gasteiger partial charge on any atom is -0.301 e. The molecule has 0 aliphatic carbocycles. The second-order valence-electron chi connectivity index (χ2n) is 6.84. The molecule has 1 spiro atoms. The summed E-state index contributed by atoms with van der Waals surface area (Å²) in [5.41, 5.74) is 0.452. The third kappa shape index (κ3) is 2.73. The van der Waals surface area contributed by atoms with E-state index in [4.69, 9.17) is 0 Å². The lowest BCUT2D eigenvalue weighted by Gasteiger charge is -2.54. The maximum atomic E-state index is 2.67. The Balaban J connectivity index is 2.01. The SMILES string of the molecule is CC(C)N1CCC2(CC1)CN(C(C)C)CCN2C. The fourth-order valence-electron chi connectivity index (χ4n) is 3.53. The molecule has 0 radical (unpaired) electrons. The number of hydrogen-bond acceptors (Lipinski definition) is 3. The van der Waals surface area contributed by atoms with Gasteiger partial charge in [-0.3, -0.25) is 9.80 Å². The summed E-state index contributed by atoms with van der Waals surface area (Å²) in [4.78, 5) is 7.95. The van der Waals surface area contributed by atoms with Gasteiger partial charge in [0.15, 0.2) is 0 Å². The zero-order valence-corrected chi connectivity index (χ0v) is 12.9. The highest BCUT2D eigenvalue weighted by molar-refractivity contribution is 5.00. The van der Waals surface area contributed by atoms with E-state index in [-0.39, 0.29) is 0 Å². The Labute approximate surface area is 113 Å². The van der Waals surface area contributed by atoms with E-state index in [0.29, 0.717) is 17.6 Å². The molecule has 0 aromatic carbocycles. The molecule has 2 fully saturated rings. The molecule has 2 aliphatic heterocycles. The molecule has 3 heteroatoms. The van der Waals surface area contributed by atoms with Gasteiger partial charge in [-0.2, -0.15) is 0 Å². The number of hydrogen-bond donors (Lipinski definition) is 0. The Morgan fingerprint density at radius 3 is 1.83 bits per heavy atom. The van der Waals surface area contributed by atoms with Crippen LogP contribution < -0.4 is 0 Å². The first kappa shape index (κ1) is 14.3. The standard InChI is InChI=1S/C15H31N3/c1-13(2)17-8-6-15(7-9-17)12-18(14(3)4)11-10-16(15)5/h13-14H,6-12H2,1-5H3. The summed E-state index contributed by atoms with van der Waals surface area (Å²) in [6, 6.07) is 1.40. The van der Waals surface area contributed by atoms with E-state index in [0.717, 1.165) is 0 Å². The predicted molar refractivity (Wildman–Crippen MR) is 78.0 cm³/mol. The van der Waals surface area contributed by atoms with Crippen LogP contribution in [-0.2, 0) is 0 Å². The Kier molecular flexibility index (Phi) is 4.35. The number of likely N-dealkylation sites (tertiary alicyclic amines) is 1. The lowest BCUT2D eigenvalue weighted by atomic mass is 9.83. The summed E-state index contributed by atoms with van der Waals surface area (Å²) in [7, 11) is 2.34. The number of rotatable bonds is 2. The van der Waals surface area contributed by atoms with Crippen molar-refractivity contribution in [1.82, 2.24) is 14.7 Å². The van der Waals surface area contributed by atoms with E-state index in [1.165, 1.54) is 45.6 Å². The molecule has 18 heavy (non-hydrogen) atoms. The maximum Gasteiger partial charge on any atom is 0.0358 e. The molecule has 2 heterocycles. The van der Waals surface area contributed by atoms with Gasteiger partial charge in [-0.1, -0.05) is 0 Å². The summed E-state index contributed by atoms with van der Waals surface area (Å²) in [5.74, 6) is 0. The van der Waals surface area contributed by atoms with Crippen molar-refractivity contribution in [3.8, 4) is 0 Å². The zero-order valence-electron chi connectivity index (χ0n) is 12.9. The van der Waals surface area contributed by atoms with Crippen LogP contribution in [-0.4, -0.2) is 72.1 Å². The molecule has 0 aromatic rings. The zero-order chi connectivity index (χ0) is 13.3. The van der Waals surface area contributed by atoms with Gasteiger partial charge in [-0.05, 0) is 47.6 Å². The molecule has 2 rings (SSSR count). The highest BCUT2D eigenvalue weighted by atomic mass is 15.3. The smallest absolute Gasteiger partial charge is 0.0358 e. The number of nitrogens with zero attached hydrogens (tertiary/aromatic N) is 3. The van der Waals surface area contributed by atoms with Crippen LogP contribution in [0.5, 0.6) is 0 Å². The first-order valence-corrected chi connectivity index (χ1v) is 7.64. The van der Waals surface area contributed by atoms with Crippen molar-refractivity contribution < 1.29 is 0 Å². The van der Waals surface area contributed by atoms with Gasteiger partial charge in [0, 0.05) is 50.3 Å². The van der Waals surface area contributed by atoms with Crippen LogP contribution in [0, 0.1) is 0 Å². The summed E-state index contributed by atoms with van der Waals surface area (Å²) in [6.07, 6.45) is 2.68. The first-order valence-electron chi connectivity index (χ1n) is 7.64. The van der Waals surface area contributed by atoms with E-state index in [9.17, 15) is 0 Å². The van der Waals surface area contributed by atoms with Gasteiger partial charge >= 0.3 is 0 Å². The van der Waals surface area contributed by atoms with Gasteiger partial charge < -0.3 is 4.90 Å². The van der Waals surface area contributed by atoms with Crippen LogP contribution in [0.25, 0.3) is 0 Å². The third-order valence-corrected chi connectivity index (χ3v) is 5.22. The highest BCUT2D eigenvalue weighted by Crippen LogP contribution is 2.32. The summed E-state index contributed by atoms with van der Waals surface area (Å²) < 4.78 is 0.